The van der Waals surface area contributed by atoms with Gasteiger partial charge in [-0.15, -0.1) is 11.3 Å². The van der Waals surface area contributed by atoms with Crippen molar-refractivity contribution in [2.24, 2.45) is 0 Å². The van der Waals surface area contributed by atoms with E-state index in [1.54, 1.807) is 35.9 Å². The molecule has 0 spiro atoms. The van der Waals surface area contributed by atoms with E-state index in [0.29, 0.717) is 18.1 Å². The van der Waals surface area contributed by atoms with Crippen LogP contribution in [0.25, 0.3) is 5.82 Å². The number of thiophene rings is 1. The van der Waals surface area contributed by atoms with Gasteiger partial charge >= 0.3 is 11.8 Å². The second-order valence-electron chi connectivity index (χ2n) is 5.22. The van der Waals surface area contributed by atoms with Crippen LogP contribution in [-0.2, 0) is 22.6 Å². The molecule has 25 heavy (non-hydrogen) atoms. The van der Waals surface area contributed by atoms with Crippen LogP contribution < -0.4 is 10.6 Å². The van der Waals surface area contributed by atoms with E-state index in [9.17, 15) is 9.59 Å². The second-order valence-corrected chi connectivity index (χ2v) is 6.47. The lowest BCUT2D eigenvalue weighted by molar-refractivity contribution is -0.136. The Labute approximate surface area is 148 Å². The zero-order valence-corrected chi connectivity index (χ0v) is 14.4. The molecule has 0 radical (unpaired) electrons. The van der Waals surface area contributed by atoms with E-state index >= 15 is 0 Å². The minimum Gasteiger partial charge on any atom is -0.343 e. The first-order chi connectivity index (χ1) is 12.2. The van der Waals surface area contributed by atoms with Gasteiger partial charge in [0, 0.05) is 16.0 Å². The molecule has 3 aromatic rings. The lowest BCUT2D eigenvalue weighted by Gasteiger charge is -2.03. The highest BCUT2D eigenvalue weighted by Gasteiger charge is 2.15. The largest absolute Gasteiger partial charge is 0.343 e. The molecule has 3 aromatic heterocycles. The van der Waals surface area contributed by atoms with E-state index in [1.165, 1.54) is 15.8 Å². The number of aryl methyl sites for hydroxylation is 1. The summed E-state index contributed by atoms with van der Waals surface area (Å²) in [6.45, 7) is 2.41. The van der Waals surface area contributed by atoms with E-state index < -0.39 is 11.8 Å². The standard InChI is InChI=1S/C17H17N5O2S/c1-2-13-6-7-14(25-13)10-19-16(23)17(24)21-12-9-20-22(11-12)15-5-3-4-8-18-15/h3-9,11H,2,10H2,1H3,(H,19,23)(H,21,24). The summed E-state index contributed by atoms with van der Waals surface area (Å²) in [6.07, 6.45) is 5.67. The number of nitrogens with one attached hydrogen (secondary N) is 2. The number of carbonyl (C=O) groups is 2. The van der Waals surface area contributed by atoms with Crippen molar-refractivity contribution in [3.05, 3.63) is 58.7 Å². The maximum Gasteiger partial charge on any atom is 0.313 e. The maximum absolute atomic E-state index is 12.0. The van der Waals surface area contributed by atoms with Gasteiger partial charge in [0.2, 0.25) is 0 Å². The average molecular weight is 355 g/mol. The normalized spacial score (nSPS) is 10.4. The third kappa shape index (κ3) is 4.30. The van der Waals surface area contributed by atoms with Crippen molar-refractivity contribution >= 4 is 28.8 Å². The second kappa shape index (κ2) is 7.71. The van der Waals surface area contributed by atoms with Gasteiger partial charge in [0.1, 0.15) is 0 Å². The molecule has 2 N–H and O–H groups in total. The minimum atomic E-state index is -0.729. The topological polar surface area (TPSA) is 88.9 Å². The van der Waals surface area contributed by atoms with Crippen molar-refractivity contribution in [2.45, 2.75) is 19.9 Å². The van der Waals surface area contributed by atoms with Crippen LogP contribution in [0.1, 0.15) is 16.7 Å². The monoisotopic (exact) mass is 355 g/mol. The summed E-state index contributed by atoms with van der Waals surface area (Å²) in [7, 11) is 0. The highest BCUT2D eigenvalue weighted by molar-refractivity contribution is 7.11. The predicted molar refractivity (Wildman–Crippen MR) is 95.5 cm³/mol. The molecular formula is C17H17N5O2S. The molecule has 3 rings (SSSR count). The number of hydrogen-bond acceptors (Lipinski definition) is 5. The zero-order valence-electron chi connectivity index (χ0n) is 13.6. The molecule has 0 saturated heterocycles. The number of anilines is 1. The number of amides is 2. The fourth-order valence-corrected chi connectivity index (χ4v) is 3.04. The Morgan fingerprint density at radius 3 is 2.72 bits per heavy atom. The number of aromatic nitrogens is 3. The van der Waals surface area contributed by atoms with Crippen LogP contribution in [0.2, 0.25) is 0 Å². The first kappa shape index (κ1) is 16.8. The third-order valence-corrected chi connectivity index (χ3v) is 4.65. The van der Waals surface area contributed by atoms with Crippen molar-refractivity contribution in [1.29, 1.82) is 0 Å². The Balaban J connectivity index is 1.55. The minimum absolute atomic E-state index is 0.337. The molecule has 0 bridgehead atoms. The molecule has 0 atom stereocenters. The van der Waals surface area contributed by atoms with Gasteiger partial charge in [-0.25, -0.2) is 9.67 Å². The summed E-state index contributed by atoms with van der Waals surface area (Å²) in [6, 6.07) is 9.41. The van der Waals surface area contributed by atoms with Gasteiger partial charge in [0.25, 0.3) is 0 Å². The Morgan fingerprint density at radius 1 is 1.16 bits per heavy atom. The summed E-state index contributed by atoms with van der Waals surface area (Å²) >= 11 is 1.62. The predicted octanol–water partition coefficient (Wildman–Crippen LogP) is 2.15. The molecule has 2 amide bonds. The molecule has 0 aliphatic heterocycles. The average Bonchev–Trinajstić information content (AvgIpc) is 3.29. The molecule has 8 heteroatoms. The molecule has 7 nitrogen and oxygen atoms in total. The zero-order chi connectivity index (χ0) is 17.6. The summed E-state index contributed by atoms with van der Waals surface area (Å²) in [4.78, 5) is 30.3. The van der Waals surface area contributed by atoms with Crippen molar-refractivity contribution < 1.29 is 9.59 Å². The van der Waals surface area contributed by atoms with Gasteiger partial charge in [-0.05, 0) is 30.7 Å². The van der Waals surface area contributed by atoms with Crippen LogP contribution >= 0.6 is 11.3 Å². The smallest absolute Gasteiger partial charge is 0.313 e. The van der Waals surface area contributed by atoms with Gasteiger partial charge in [0.15, 0.2) is 5.82 Å². The van der Waals surface area contributed by atoms with E-state index in [0.717, 1.165) is 11.3 Å². The van der Waals surface area contributed by atoms with Crippen LogP contribution in [0, 0.1) is 0 Å². The number of rotatable bonds is 5. The van der Waals surface area contributed by atoms with Crippen LogP contribution in [0.15, 0.2) is 48.9 Å². The van der Waals surface area contributed by atoms with E-state index in [2.05, 4.69) is 27.6 Å². The molecule has 128 valence electrons. The number of carbonyl (C=O) groups excluding carboxylic acids is 2. The molecule has 3 heterocycles. The lowest BCUT2D eigenvalue weighted by atomic mass is 10.3. The highest BCUT2D eigenvalue weighted by atomic mass is 32.1. The van der Waals surface area contributed by atoms with Crippen LogP contribution in [0.5, 0.6) is 0 Å². The molecule has 0 unspecified atom stereocenters. The van der Waals surface area contributed by atoms with Crippen LogP contribution in [0.4, 0.5) is 5.69 Å². The Morgan fingerprint density at radius 2 is 2.00 bits per heavy atom. The van der Waals surface area contributed by atoms with Gasteiger partial charge in [-0.3, -0.25) is 9.59 Å². The molecule has 0 aliphatic carbocycles. The molecule has 0 saturated carbocycles. The van der Waals surface area contributed by atoms with E-state index in [4.69, 9.17) is 0 Å². The summed E-state index contributed by atoms with van der Waals surface area (Å²) in [5, 5.41) is 9.25. The fourth-order valence-electron chi connectivity index (χ4n) is 2.14. The number of hydrogen-bond donors (Lipinski definition) is 2. The van der Waals surface area contributed by atoms with Crippen LogP contribution in [0.3, 0.4) is 0 Å². The molecule has 0 aliphatic rings. The summed E-state index contributed by atoms with van der Waals surface area (Å²) in [5.74, 6) is -0.790. The quantitative estimate of drug-likeness (QED) is 0.686. The van der Waals surface area contributed by atoms with E-state index in [1.807, 2.05) is 18.2 Å². The first-order valence-electron chi connectivity index (χ1n) is 7.78. The Kier molecular flexibility index (Phi) is 5.20. The highest BCUT2D eigenvalue weighted by Crippen LogP contribution is 2.16. The van der Waals surface area contributed by atoms with Crippen molar-refractivity contribution in [2.75, 3.05) is 5.32 Å². The van der Waals surface area contributed by atoms with Gasteiger partial charge < -0.3 is 10.6 Å². The third-order valence-electron chi connectivity index (χ3n) is 3.42. The molecular weight excluding hydrogens is 338 g/mol. The Hall–Kier alpha value is -3.00. The Bertz CT molecular complexity index is 872. The fraction of sp³-hybridized carbons (Fsp3) is 0.176. The van der Waals surface area contributed by atoms with Crippen molar-refractivity contribution in [3.63, 3.8) is 0 Å². The van der Waals surface area contributed by atoms with Crippen LogP contribution in [-0.4, -0.2) is 26.6 Å². The van der Waals surface area contributed by atoms with Gasteiger partial charge in [-0.1, -0.05) is 13.0 Å². The number of pyridine rings is 1. The lowest BCUT2D eigenvalue weighted by Crippen LogP contribution is -2.34. The molecule has 0 fully saturated rings. The SMILES string of the molecule is CCc1ccc(CNC(=O)C(=O)Nc2cnn(-c3ccccn3)c2)s1. The van der Waals surface area contributed by atoms with E-state index in [-0.39, 0.29) is 0 Å². The van der Waals surface area contributed by atoms with Crippen molar-refractivity contribution in [1.82, 2.24) is 20.1 Å². The summed E-state index contributed by atoms with van der Waals surface area (Å²) < 4.78 is 1.52. The maximum atomic E-state index is 12.0. The molecule has 0 aromatic carbocycles. The van der Waals surface area contributed by atoms with Crippen molar-refractivity contribution in [3.8, 4) is 5.82 Å². The van der Waals surface area contributed by atoms with Gasteiger partial charge in [0.05, 0.1) is 24.6 Å². The van der Waals surface area contributed by atoms with Gasteiger partial charge in [-0.2, -0.15) is 5.10 Å². The summed E-state index contributed by atoms with van der Waals surface area (Å²) in [5.41, 5.74) is 0.426. The first-order valence-corrected chi connectivity index (χ1v) is 8.60. The number of nitrogens with zero attached hydrogens (tertiary/aromatic N) is 3.